The molecule has 1 atom stereocenters. The molecular weight excluding hydrogens is 218 g/mol. The molecule has 0 aliphatic heterocycles. The number of aryl methyl sites for hydroxylation is 1. The standard InChI is InChI=1S/C13H19NO3/c1-10-4-6-12(7-5-10)14(9-13(15)16)8-11(2)17-3/h4-7,11H,8-9H2,1-3H3,(H,15,16). The number of aliphatic carboxylic acids is 1. The average Bonchev–Trinajstić information content (AvgIpc) is 2.28. The third kappa shape index (κ3) is 4.44. The molecule has 0 aromatic heterocycles. The molecule has 0 saturated heterocycles. The van der Waals surface area contributed by atoms with Gasteiger partial charge in [-0.05, 0) is 26.0 Å². The monoisotopic (exact) mass is 237 g/mol. The molecule has 1 aromatic carbocycles. The summed E-state index contributed by atoms with van der Waals surface area (Å²) in [6, 6.07) is 7.81. The van der Waals surface area contributed by atoms with E-state index < -0.39 is 5.97 Å². The van der Waals surface area contributed by atoms with Crippen molar-refractivity contribution in [3.63, 3.8) is 0 Å². The summed E-state index contributed by atoms with van der Waals surface area (Å²) in [6.45, 7) is 4.47. The maximum absolute atomic E-state index is 10.8. The molecule has 0 heterocycles. The highest BCUT2D eigenvalue weighted by Crippen LogP contribution is 2.15. The van der Waals surface area contributed by atoms with E-state index >= 15 is 0 Å². The Labute approximate surface area is 102 Å². The number of hydrogen-bond acceptors (Lipinski definition) is 3. The second kappa shape index (κ2) is 6.25. The summed E-state index contributed by atoms with van der Waals surface area (Å²) in [7, 11) is 1.62. The van der Waals surface area contributed by atoms with E-state index in [1.165, 1.54) is 0 Å². The van der Waals surface area contributed by atoms with Gasteiger partial charge in [-0.3, -0.25) is 4.79 Å². The van der Waals surface area contributed by atoms with Crippen molar-refractivity contribution >= 4 is 11.7 Å². The normalized spacial score (nSPS) is 12.2. The molecule has 1 rings (SSSR count). The molecule has 0 aliphatic rings. The molecule has 1 unspecified atom stereocenters. The highest BCUT2D eigenvalue weighted by molar-refractivity contribution is 5.73. The SMILES string of the molecule is COC(C)CN(CC(=O)O)c1ccc(C)cc1. The Morgan fingerprint density at radius 2 is 2.00 bits per heavy atom. The molecule has 94 valence electrons. The number of carbonyl (C=O) groups is 1. The number of carboxylic acids is 1. The number of carboxylic acid groups (broad SMARTS) is 1. The summed E-state index contributed by atoms with van der Waals surface area (Å²) in [5.74, 6) is -0.839. The lowest BCUT2D eigenvalue weighted by Gasteiger charge is -2.25. The van der Waals surface area contributed by atoms with Gasteiger partial charge in [-0.25, -0.2) is 0 Å². The second-order valence-electron chi connectivity index (χ2n) is 4.16. The first kappa shape index (κ1) is 13.5. The molecule has 0 spiro atoms. The fourth-order valence-electron chi connectivity index (χ4n) is 1.56. The summed E-state index contributed by atoms with van der Waals surface area (Å²) in [4.78, 5) is 12.6. The van der Waals surface area contributed by atoms with Crippen LogP contribution in [0.25, 0.3) is 0 Å². The molecule has 4 heteroatoms. The van der Waals surface area contributed by atoms with Crippen molar-refractivity contribution in [1.82, 2.24) is 0 Å². The smallest absolute Gasteiger partial charge is 0.323 e. The van der Waals surface area contributed by atoms with Gasteiger partial charge in [0.05, 0.1) is 6.10 Å². The van der Waals surface area contributed by atoms with Crippen LogP contribution in [0.2, 0.25) is 0 Å². The molecule has 0 radical (unpaired) electrons. The molecule has 0 amide bonds. The lowest BCUT2D eigenvalue weighted by atomic mass is 10.2. The number of methoxy groups -OCH3 is 1. The van der Waals surface area contributed by atoms with Crippen molar-refractivity contribution in [3.8, 4) is 0 Å². The van der Waals surface area contributed by atoms with E-state index in [1.54, 1.807) is 12.0 Å². The fraction of sp³-hybridized carbons (Fsp3) is 0.462. The van der Waals surface area contributed by atoms with Crippen molar-refractivity contribution in [2.75, 3.05) is 25.1 Å². The predicted molar refractivity (Wildman–Crippen MR) is 67.5 cm³/mol. The van der Waals surface area contributed by atoms with Gasteiger partial charge in [0.2, 0.25) is 0 Å². The van der Waals surface area contributed by atoms with Crippen molar-refractivity contribution < 1.29 is 14.6 Å². The maximum atomic E-state index is 10.8. The van der Waals surface area contributed by atoms with Crippen LogP contribution in [0.3, 0.4) is 0 Å². The van der Waals surface area contributed by atoms with Crippen LogP contribution in [0.5, 0.6) is 0 Å². The van der Waals surface area contributed by atoms with E-state index in [2.05, 4.69) is 0 Å². The molecule has 0 bridgehead atoms. The first-order valence-electron chi connectivity index (χ1n) is 5.59. The van der Waals surface area contributed by atoms with Crippen molar-refractivity contribution in [2.45, 2.75) is 20.0 Å². The van der Waals surface area contributed by atoms with Gasteiger partial charge in [-0.2, -0.15) is 0 Å². The number of hydrogen-bond donors (Lipinski definition) is 1. The Bertz CT molecular complexity index is 361. The third-order valence-electron chi connectivity index (χ3n) is 2.61. The van der Waals surface area contributed by atoms with Crippen LogP contribution in [0.15, 0.2) is 24.3 Å². The summed E-state index contributed by atoms with van der Waals surface area (Å²) in [6.07, 6.45) is -0.00402. The van der Waals surface area contributed by atoms with E-state index in [0.717, 1.165) is 11.3 Å². The molecule has 1 N–H and O–H groups in total. The highest BCUT2D eigenvalue weighted by Gasteiger charge is 2.13. The van der Waals surface area contributed by atoms with Gasteiger partial charge in [-0.15, -0.1) is 0 Å². The van der Waals surface area contributed by atoms with E-state index in [9.17, 15) is 4.79 Å². The van der Waals surface area contributed by atoms with Crippen LogP contribution in [0, 0.1) is 6.92 Å². The van der Waals surface area contributed by atoms with Gasteiger partial charge in [0.1, 0.15) is 6.54 Å². The van der Waals surface area contributed by atoms with Crippen LogP contribution < -0.4 is 4.90 Å². The quantitative estimate of drug-likeness (QED) is 0.821. The highest BCUT2D eigenvalue weighted by atomic mass is 16.5. The Balaban J connectivity index is 2.81. The minimum absolute atomic E-state index is 0.00402. The summed E-state index contributed by atoms with van der Waals surface area (Å²) in [5.41, 5.74) is 2.06. The van der Waals surface area contributed by atoms with Crippen LogP contribution >= 0.6 is 0 Å². The van der Waals surface area contributed by atoms with Crippen LogP contribution in [-0.4, -0.2) is 37.4 Å². The Morgan fingerprint density at radius 3 is 2.47 bits per heavy atom. The van der Waals surface area contributed by atoms with Crippen molar-refractivity contribution in [3.05, 3.63) is 29.8 Å². The lowest BCUT2D eigenvalue weighted by molar-refractivity contribution is -0.135. The van der Waals surface area contributed by atoms with Crippen molar-refractivity contribution in [2.24, 2.45) is 0 Å². The first-order chi connectivity index (χ1) is 8.02. The second-order valence-corrected chi connectivity index (χ2v) is 4.16. The molecule has 1 aromatic rings. The lowest BCUT2D eigenvalue weighted by Crippen LogP contribution is -2.36. The average molecular weight is 237 g/mol. The largest absolute Gasteiger partial charge is 0.480 e. The van der Waals surface area contributed by atoms with Gasteiger partial charge in [0.25, 0.3) is 0 Å². The van der Waals surface area contributed by atoms with Crippen molar-refractivity contribution in [1.29, 1.82) is 0 Å². The molecular formula is C13H19NO3. The van der Waals surface area contributed by atoms with Crippen LogP contribution in [0.4, 0.5) is 5.69 Å². The minimum atomic E-state index is -0.839. The van der Waals surface area contributed by atoms with E-state index in [-0.39, 0.29) is 12.6 Å². The first-order valence-corrected chi connectivity index (χ1v) is 5.59. The number of benzene rings is 1. The van der Waals surface area contributed by atoms with Gasteiger partial charge in [0.15, 0.2) is 0 Å². The number of anilines is 1. The molecule has 17 heavy (non-hydrogen) atoms. The zero-order valence-electron chi connectivity index (χ0n) is 10.5. The zero-order valence-corrected chi connectivity index (χ0v) is 10.5. The summed E-state index contributed by atoms with van der Waals surface area (Å²) in [5, 5.41) is 8.90. The topological polar surface area (TPSA) is 49.8 Å². The predicted octanol–water partition coefficient (Wildman–Crippen LogP) is 1.92. The minimum Gasteiger partial charge on any atom is -0.480 e. The Morgan fingerprint density at radius 1 is 1.41 bits per heavy atom. The third-order valence-corrected chi connectivity index (χ3v) is 2.61. The van der Waals surface area contributed by atoms with Gasteiger partial charge >= 0.3 is 5.97 Å². The molecule has 0 fully saturated rings. The maximum Gasteiger partial charge on any atom is 0.323 e. The van der Waals surface area contributed by atoms with Gasteiger partial charge in [-0.1, -0.05) is 17.7 Å². The van der Waals surface area contributed by atoms with Crippen LogP contribution in [-0.2, 0) is 9.53 Å². The number of ether oxygens (including phenoxy) is 1. The number of rotatable bonds is 6. The summed E-state index contributed by atoms with van der Waals surface area (Å²) < 4.78 is 5.17. The molecule has 4 nitrogen and oxygen atoms in total. The number of nitrogens with zero attached hydrogens (tertiary/aromatic N) is 1. The van der Waals surface area contributed by atoms with E-state index in [1.807, 2.05) is 38.1 Å². The zero-order chi connectivity index (χ0) is 12.8. The Hall–Kier alpha value is -1.55. The van der Waals surface area contributed by atoms with Gasteiger partial charge < -0.3 is 14.7 Å². The van der Waals surface area contributed by atoms with E-state index in [4.69, 9.17) is 9.84 Å². The van der Waals surface area contributed by atoms with Crippen LogP contribution in [0.1, 0.15) is 12.5 Å². The molecule has 0 saturated carbocycles. The summed E-state index contributed by atoms with van der Waals surface area (Å²) >= 11 is 0. The molecule has 0 aliphatic carbocycles. The van der Waals surface area contributed by atoms with E-state index in [0.29, 0.717) is 6.54 Å². The fourth-order valence-corrected chi connectivity index (χ4v) is 1.56. The Kier molecular flexibility index (Phi) is 4.97. The van der Waals surface area contributed by atoms with Gasteiger partial charge in [0, 0.05) is 19.3 Å².